The second kappa shape index (κ2) is 12.2. The monoisotopic (exact) mass is 783 g/mol. The summed E-state index contributed by atoms with van der Waals surface area (Å²) in [5.74, 6) is 0.250. The molecule has 300 valence electrons. The fourth-order valence-corrected chi connectivity index (χ4v) is 10.8. The lowest BCUT2D eigenvalue weighted by atomic mass is 9.80. The van der Waals surface area contributed by atoms with E-state index in [1.165, 1.54) is 122 Å². The zero-order valence-corrected chi connectivity index (χ0v) is 37.5. The maximum Gasteiger partial charge on any atom is 0.0617 e. The van der Waals surface area contributed by atoms with Crippen LogP contribution >= 0.6 is 0 Å². The van der Waals surface area contributed by atoms with Crippen molar-refractivity contribution in [3.8, 4) is 0 Å². The van der Waals surface area contributed by atoms with Gasteiger partial charge in [0.15, 0.2) is 0 Å². The maximum absolute atomic E-state index is 2.66. The average molecular weight is 784 g/mol. The number of hydrogen-bond acceptors (Lipinski definition) is 1. The minimum atomic E-state index is 0.00905. The molecule has 11 rings (SSSR count). The highest BCUT2D eigenvalue weighted by Crippen LogP contribution is 2.55. The first-order chi connectivity index (χ1) is 28.4. The van der Waals surface area contributed by atoms with Crippen LogP contribution in [0.4, 0.5) is 17.1 Å². The number of benzene rings is 6. The lowest BCUT2D eigenvalue weighted by molar-refractivity contribution is 0.590. The summed E-state index contributed by atoms with van der Waals surface area (Å²) in [4.78, 5) is 2.50. The molecule has 1 aliphatic carbocycles. The molecule has 3 heteroatoms. The summed E-state index contributed by atoms with van der Waals surface area (Å²) < 4.78 is 5.32. The standard InChI is InChI=1S/C57H57N3/c1-32-16-13-14-19-47(32)58(52-33(2)17-15-18-34(52)3)38-21-22-39-43-25-36(56(7,8)9)27-45-42-30-50-41(31-51(42)60(53(43)45)49(39)29-38)46-28-37(57(10,11)12)26-44-40-24-35(55(4,5)6)20-23-48(40)59(50)54(44)46/h13-29,31,42H,30H2,1-12H3. The van der Waals surface area contributed by atoms with Gasteiger partial charge >= 0.3 is 0 Å². The number of hydrogen-bond donors (Lipinski definition) is 0. The van der Waals surface area contributed by atoms with Gasteiger partial charge in [0, 0.05) is 67.6 Å². The third kappa shape index (κ3) is 5.14. The molecule has 2 aliphatic rings. The minimum absolute atomic E-state index is 0.00905. The third-order valence-electron chi connectivity index (χ3n) is 14.2. The molecular weight excluding hydrogens is 727 g/mol. The third-order valence-corrected chi connectivity index (χ3v) is 14.2. The first-order valence-electron chi connectivity index (χ1n) is 22.0. The topological polar surface area (TPSA) is 12.6 Å². The number of aromatic nitrogens is 2. The highest BCUT2D eigenvalue weighted by molar-refractivity contribution is 6.20. The van der Waals surface area contributed by atoms with Gasteiger partial charge in [0.2, 0.25) is 0 Å². The minimum Gasteiger partial charge on any atom is -0.312 e. The Labute approximate surface area is 355 Å². The van der Waals surface area contributed by atoms with Gasteiger partial charge in [0.25, 0.3) is 0 Å². The van der Waals surface area contributed by atoms with Crippen molar-refractivity contribution in [2.45, 2.75) is 112 Å². The molecule has 0 fully saturated rings. The lowest BCUT2D eigenvalue weighted by Gasteiger charge is -2.30. The highest BCUT2D eigenvalue weighted by Gasteiger charge is 2.39. The van der Waals surface area contributed by atoms with E-state index >= 15 is 0 Å². The van der Waals surface area contributed by atoms with Gasteiger partial charge in [0.05, 0.1) is 27.8 Å². The van der Waals surface area contributed by atoms with E-state index in [4.69, 9.17) is 0 Å². The van der Waals surface area contributed by atoms with E-state index in [2.05, 4.69) is 206 Å². The quantitative estimate of drug-likeness (QED) is 0.174. The molecule has 0 amide bonds. The molecule has 4 heterocycles. The second-order valence-corrected chi connectivity index (χ2v) is 21.3. The SMILES string of the molecule is Cc1ccccc1N(c1ccc2c3cc(C(C)(C)C)cc4c3n(c2c1)C1=Cc2c(n3c5ccc(C(C)(C)C)cc5c5cc(C(C)(C)C)cc2c53)CC14)c1c(C)cccc1C. The predicted molar refractivity (Wildman–Crippen MR) is 259 cm³/mol. The Kier molecular flexibility index (Phi) is 7.54. The van der Waals surface area contributed by atoms with Crippen molar-refractivity contribution < 1.29 is 0 Å². The van der Waals surface area contributed by atoms with Crippen LogP contribution in [0.1, 0.15) is 118 Å². The zero-order valence-electron chi connectivity index (χ0n) is 37.5. The Bertz CT molecular complexity index is 3300. The molecule has 1 atom stereocenters. The molecule has 0 saturated heterocycles. The van der Waals surface area contributed by atoms with Crippen LogP contribution in [0, 0.1) is 20.8 Å². The molecule has 9 aromatic rings. The summed E-state index contributed by atoms with van der Waals surface area (Å²) in [7, 11) is 0. The van der Waals surface area contributed by atoms with E-state index < -0.39 is 0 Å². The van der Waals surface area contributed by atoms with E-state index in [1.54, 1.807) is 0 Å². The normalized spacial score (nSPS) is 15.5. The van der Waals surface area contributed by atoms with Crippen LogP contribution in [0.3, 0.4) is 0 Å². The van der Waals surface area contributed by atoms with Gasteiger partial charge in [-0.25, -0.2) is 0 Å². The van der Waals surface area contributed by atoms with Crippen molar-refractivity contribution in [2.24, 2.45) is 0 Å². The van der Waals surface area contributed by atoms with Crippen LogP contribution in [0.25, 0.3) is 60.8 Å². The second-order valence-electron chi connectivity index (χ2n) is 21.3. The average Bonchev–Trinajstić information content (AvgIpc) is 3.90. The fraction of sp³-hybridized carbons (Fsp3) is 0.298. The summed E-state index contributed by atoms with van der Waals surface area (Å²) in [6.45, 7) is 27.9. The first-order valence-corrected chi connectivity index (χ1v) is 22.0. The molecule has 1 aliphatic heterocycles. The Morgan fingerprint density at radius 3 is 1.83 bits per heavy atom. The molecule has 0 saturated carbocycles. The van der Waals surface area contributed by atoms with Crippen LogP contribution in [0.5, 0.6) is 0 Å². The van der Waals surface area contributed by atoms with Crippen molar-refractivity contribution in [3.63, 3.8) is 0 Å². The van der Waals surface area contributed by atoms with E-state index in [-0.39, 0.29) is 22.2 Å². The lowest BCUT2D eigenvalue weighted by Crippen LogP contribution is -2.15. The van der Waals surface area contributed by atoms with Gasteiger partial charge < -0.3 is 13.9 Å². The molecule has 3 nitrogen and oxygen atoms in total. The maximum atomic E-state index is 2.66. The van der Waals surface area contributed by atoms with Gasteiger partial charge in [-0.05, 0) is 131 Å². The van der Waals surface area contributed by atoms with Crippen LogP contribution in [0.2, 0.25) is 0 Å². The highest BCUT2D eigenvalue weighted by atomic mass is 15.2. The smallest absolute Gasteiger partial charge is 0.0617 e. The Balaban J connectivity index is 1.22. The van der Waals surface area contributed by atoms with Crippen molar-refractivity contribution in [2.75, 3.05) is 4.90 Å². The summed E-state index contributed by atoms with van der Waals surface area (Å²) in [6.07, 6.45) is 3.56. The van der Waals surface area contributed by atoms with Crippen molar-refractivity contribution in [1.29, 1.82) is 0 Å². The molecule has 6 aromatic carbocycles. The van der Waals surface area contributed by atoms with Gasteiger partial charge in [-0.15, -0.1) is 0 Å². The molecule has 60 heavy (non-hydrogen) atoms. The van der Waals surface area contributed by atoms with Crippen molar-refractivity contribution >= 4 is 77.8 Å². The number of nitrogens with zero attached hydrogens (tertiary/aromatic N) is 3. The van der Waals surface area contributed by atoms with Gasteiger partial charge in [-0.3, -0.25) is 0 Å². The van der Waals surface area contributed by atoms with Crippen LogP contribution in [-0.2, 0) is 22.7 Å². The molecular formula is C57H57N3. The van der Waals surface area contributed by atoms with E-state index in [0.29, 0.717) is 0 Å². The van der Waals surface area contributed by atoms with E-state index in [1.807, 2.05) is 0 Å². The van der Waals surface area contributed by atoms with Crippen LogP contribution in [-0.4, -0.2) is 8.97 Å². The van der Waals surface area contributed by atoms with Gasteiger partial charge in [-0.1, -0.05) is 117 Å². The number of aryl methyl sites for hydroxylation is 3. The molecule has 0 radical (unpaired) electrons. The van der Waals surface area contributed by atoms with Gasteiger partial charge in [-0.2, -0.15) is 0 Å². The Morgan fingerprint density at radius 1 is 0.533 bits per heavy atom. The van der Waals surface area contributed by atoms with E-state index in [0.717, 1.165) is 6.42 Å². The van der Waals surface area contributed by atoms with Crippen LogP contribution < -0.4 is 4.90 Å². The number of para-hydroxylation sites is 2. The molecule has 0 N–H and O–H groups in total. The first kappa shape index (κ1) is 37.2. The van der Waals surface area contributed by atoms with Crippen molar-refractivity contribution in [1.82, 2.24) is 8.97 Å². The summed E-state index contributed by atoms with van der Waals surface area (Å²) in [5, 5.41) is 6.83. The van der Waals surface area contributed by atoms with E-state index in [9.17, 15) is 0 Å². The number of rotatable bonds is 3. The summed E-state index contributed by atoms with van der Waals surface area (Å²) in [5.41, 5.74) is 22.8. The number of allylic oxidation sites excluding steroid dienone is 1. The zero-order chi connectivity index (χ0) is 41.9. The van der Waals surface area contributed by atoms with Crippen molar-refractivity contribution in [3.05, 3.63) is 153 Å². The molecule has 3 aromatic heterocycles. The van der Waals surface area contributed by atoms with Gasteiger partial charge in [0.1, 0.15) is 0 Å². The Hall–Kier alpha value is -5.80. The van der Waals surface area contributed by atoms with Crippen LogP contribution in [0.15, 0.2) is 103 Å². The summed E-state index contributed by atoms with van der Waals surface area (Å²) >= 11 is 0. The molecule has 0 spiro atoms. The predicted octanol–water partition coefficient (Wildman–Crippen LogP) is 15.7. The molecule has 0 bridgehead atoms. The Morgan fingerprint density at radius 2 is 1.15 bits per heavy atom. The number of fused-ring (bicyclic) bond motifs is 12. The number of anilines is 3. The fourth-order valence-electron chi connectivity index (χ4n) is 10.8. The largest absolute Gasteiger partial charge is 0.312 e. The summed E-state index contributed by atoms with van der Waals surface area (Å²) in [6, 6.07) is 40.1. The molecule has 1 unspecified atom stereocenters.